The molecule has 36 heteroatoms. The zero-order chi connectivity index (χ0) is 58.1. The van der Waals surface area contributed by atoms with Gasteiger partial charge in [-0.1, -0.05) is 18.2 Å². The topological polar surface area (TPSA) is 541 Å². The number of aliphatic hydroxyl groups is 18. The van der Waals surface area contributed by atoms with Crippen molar-refractivity contribution in [3.05, 3.63) is 24.1 Å². The van der Waals surface area contributed by atoms with Crippen LogP contribution >= 0.6 is 0 Å². The van der Waals surface area contributed by atoms with E-state index in [4.69, 9.17) is 72.0 Å². The Morgan fingerprint density at radius 3 is 1.17 bits per heavy atom. The van der Waals surface area contributed by atoms with Crippen LogP contribution in [0.4, 0.5) is 0 Å². The molecule has 2 radical (unpaired) electrons. The van der Waals surface area contributed by atoms with Gasteiger partial charge in [0.25, 0.3) is 0 Å². The smallest absolute Gasteiger partial charge is 0.187 e. The van der Waals surface area contributed by atoms with Gasteiger partial charge in [0, 0.05) is 88.1 Å². The normalized spacial score (nSPS) is 51.6. The van der Waals surface area contributed by atoms with Crippen molar-refractivity contribution in [3.8, 4) is 0 Å². The van der Waals surface area contributed by atoms with E-state index in [1.807, 2.05) is 0 Å². The SMILES string of the molecule is C=CCO[C@@H]1OC(CO)[C@H](O)C(O[C@@H]2OC(CO)[C@H](O[C@@H]3OC(CO)[C@H](O)C(O[C@@H]4OC(CO)[C@H](O[C@@H]5OC(CO)[C@H](O)C(O)C5O[C@@H]5OC(C)[C@H](O)C(O)C5O)C(O[C@H]5OC(C)[C@@H](O)C(O)C5O)C4[NH-])C3O)C(O)C2[NH-])C1O.[Ac].[Ac]. The number of ether oxygens (including phenoxy) is 14. The molecule has 21 unspecified atom stereocenters. The van der Waals surface area contributed by atoms with Gasteiger partial charge in [0.15, 0.2) is 31.5 Å². The zero-order valence-electron chi connectivity index (χ0n) is 43.7. The van der Waals surface area contributed by atoms with Crippen LogP contribution in [-0.4, -0.2) is 346 Å². The van der Waals surface area contributed by atoms with Crippen molar-refractivity contribution in [2.45, 2.75) is 229 Å². The van der Waals surface area contributed by atoms with Gasteiger partial charge in [0.05, 0.1) is 64.1 Å². The molecular weight excluding hydrogens is 1530 g/mol. The molecule has 0 aliphatic carbocycles. The van der Waals surface area contributed by atoms with E-state index in [0.29, 0.717) is 0 Å². The van der Waals surface area contributed by atoms with E-state index in [0.717, 1.165) is 0 Å². The molecule has 0 aromatic carbocycles. The maximum atomic E-state index is 11.8. The maximum Gasteiger partial charge on any atom is 0.187 e. The van der Waals surface area contributed by atoms with Gasteiger partial charge >= 0.3 is 0 Å². The van der Waals surface area contributed by atoms with Crippen molar-refractivity contribution in [2.24, 2.45) is 0 Å². The first-order chi connectivity index (χ1) is 37.5. The van der Waals surface area contributed by atoms with Gasteiger partial charge in [0.1, 0.15) is 147 Å². The predicted octanol–water partition coefficient (Wildman–Crippen LogP) is -10.9. The molecule has 0 aromatic rings. The first-order valence-corrected chi connectivity index (χ1v) is 25.5. The largest absolute Gasteiger partial charge is 0.668 e. The van der Waals surface area contributed by atoms with Crippen molar-refractivity contribution in [2.75, 3.05) is 39.6 Å². The Balaban J connectivity index is 0.00000602. The van der Waals surface area contributed by atoms with Crippen molar-refractivity contribution in [1.29, 1.82) is 0 Å². The number of rotatable bonds is 20. The quantitative estimate of drug-likeness (QED) is 0.0503. The van der Waals surface area contributed by atoms with Gasteiger partial charge in [-0.25, -0.2) is 0 Å². The molecule has 34 nitrogen and oxygen atoms in total. The van der Waals surface area contributed by atoms with Crippen LogP contribution in [-0.2, 0) is 66.3 Å². The molecule has 81 heavy (non-hydrogen) atoms. The Hall–Kier alpha value is 1.26. The summed E-state index contributed by atoms with van der Waals surface area (Å²) in [6.45, 7) is 1.10. The van der Waals surface area contributed by atoms with E-state index in [2.05, 4.69) is 6.58 Å². The van der Waals surface area contributed by atoms with Crippen molar-refractivity contribution in [1.82, 2.24) is 0 Å². The average molecular weight is 1610 g/mol. The molecule has 7 heterocycles. The fraction of sp³-hybridized carbons (Fsp3) is 0.956. The van der Waals surface area contributed by atoms with Crippen molar-refractivity contribution < 1.29 is 246 Å². The molecule has 7 rings (SSSR count). The first kappa shape index (κ1) is 73.0. The predicted molar refractivity (Wildman–Crippen MR) is 247 cm³/mol. The van der Waals surface area contributed by atoms with Gasteiger partial charge in [-0.15, -0.1) is 6.58 Å². The summed E-state index contributed by atoms with van der Waals surface area (Å²) < 4.78 is 80.9. The van der Waals surface area contributed by atoms with Crippen LogP contribution in [0, 0.1) is 88.1 Å². The first-order valence-electron chi connectivity index (χ1n) is 25.5. The van der Waals surface area contributed by atoms with Crippen LogP contribution in [0.2, 0.25) is 0 Å². The third-order valence-corrected chi connectivity index (χ3v) is 14.9. The third-order valence-electron chi connectivity index (χ3n) is 14.9. The molecule has 0 aromatic heterocycles. The number of hydrogen-bond acceptors (Lipinski definition) is 32. The Labute approximate surface area is 534 Å². The summed E-state index contributed by atoms with van der Waals surface area (Å²) in [5.74, 6) is 0. The second kappa shape index (κ2) is 32.3. The third kappa shape index (κ3) is 15.9. The number of aliphatic hydroxyl groups excluding tert-OH is 18. The minimum Gasteiger partial charge on any atom is -0.668 e. The second-order valence-electron chi connectivity index (χ2n) is 20.2. The van der Waals surface area contributed by atoms with Crippen molar-refractivity contribution >= 4 is 0 Å². The molecule has 7 fully saturated rings. The van der Waals surface area contributed by atoms with E-state index in [1.54, 1.807) is 0 Å². The molecule has 7 aliphatic heterocycles. The molecule has 0 amide bonds. The van der Waals surface area contributed by atoms with E-state index in [9.17, 15) is 97.7 Å². The summed E-state index contributed by atoms with van der Waals surface area (Å²) in [6.07, 6.45) is -59.1. The molecule has 466 valence electrons. The number of hydrogen-bond donors (Lipinski definition) is 18. The van der Waals surface area contributed by atoms with Crippen LogP contribution in [0.5, 0.6) is 0 Å². The summed E-state index contributed by atoms with van der Waals surface area (Å²) in [7, 11) is 0. The van der Waals surface area contributed by atoms with Crippen LogP contribution in [0.15, 0.2) is 12.7 Å². The maximum absolute atomic E-state index is 11.8. The molecule has 0 spiro atoms. The number of nitrogens with one attached hydrogen (secondary N) is 2. The minimum absolute atomic E-state index is 0. The van der Waals surface area contributed by atoms with Gasteiger partial charge < -0.3 is 170 Å². The molecular formula is C45H76Ac2N2O32-2. The average Bonchev–Trinajstić information content (AvgIpc) is 3.43. The molecule has 35 atom stereocenters. The summed E-state index contributed by atoms with van der Waals surface area (Å²) in [4.78, 5) is 0. The molecule has 0 saturated carbocycles. The van der Waals surface area contributed by atoms with Crippen LogP contribution in [0.3, 0.4) is 0 Å². The van der Waals surface area contributed by atoms with E-state index >= 15 is 0 Å². The van der Waals surface area contributed by atoms with Crippen molar-refractivity contribution in [3.63, 3.8) is 0 Å². The fourth-order valence-corrected chi connectivity index (χ4v) is 10.2. The van der Waals surface area contributed by atoms with Gasteiger partial charge in [-0.05, 0) is 13.8 Å². The van der Waals surface area contributed by atoms with Gasteiger partial charge in [-0.2, -0.15) is 0 Å². The monoisotopic (exact) mass is 1610 g/mol. The zero-order valence-corrected chi connectivity index (χ0v) is 53.1. The van der Waals surface area contributed by atoms with Gasteiger partial charge in [0.2, 0.25) is 0 Å². The summed E-state index contributed by atoms with van der Waals surface area (Å²) >= 11 is 0. The second-order valence-corrected chi connectivity index (χ2v) is 20.2. The van der Waals surface area contributed by atoms with Crippen LogP contribution in [0.1, 0.15) is 13.8 Å². The molecule has 20 N–H and O–H groups in total. The summed E-state index contributed by atoms with van der Waals surface area (Å²) in [5.41, 5.74) is 18.3. The Bertz CT molecular complexity index is 1890. The molecule has 7 aliphatic rings. The summed E-state index contributed by atoms with van der Waals surface area (Å²) in [6, 6.07) is -3.98. The Morgan fingerprint density at radius 1 is 0.333 bits per heavy atom. The van der Waals surface area contributed by atoms with Crippen LogP contribution in [0.25, 0.3) is 11.5 Å². The fourth-order valence-electron chi connectivity index (χ4n) is 10.2. The summed E-state index contributed by atoms with van der Waals surface area (Å²) in [5, 5.41) is 194. The Morgan fingerprint density at radius 2 is 0.691 bits per heavy atom. The minimum atomic E-state index is -2.23. The van der Waals surface area contributed by atoms with E-state index in [-0.39, 0.29) is 94.7 Å². The molecule has 7 saturated heterocycles. The van der Waals surface area contributed by atoms with E-state index in [1.165, 1.54) is 19.9 Å². The Kier molecular flexibility index (Phi) is 29.1. The van der Waals surface area contributed by atoms with Gasteiger partial charge in [-0.3, -0.25) is 0 Å². The van der Waals surface area contributed by atoms with E-state index < -0.39 is 248 Å². The standard InChI is InChI=1S/C45H76N2O32.2Ac/c1-4-5-66-41-31(64)36(23(56)14(7-49)69-41)77-39-18(46)25(58)33(16(9-51)72-39)74-44-32(65)37(24(57)15(8-50)70-44)78-40-19(47)35(76-42-29(62)26(59)20(53)11(2)67-42)34(17(10-52)73-40)75-45-38(28(61)22(55)13(6-48)71-45)79-43-30(63)27(60)21(54)12(3)68-43;;/h4,11-65H,1,5-10H2,2-3H3;;/q-2;;/t11?,12?,13?,14?,15?,16?,17?,18?,19?,20-,21+,22+,23+,24+,25?,26?,27?,28?,29?,30?,31?,32?,33+,34+,35?,36?,37?,38?,39+,40+,41-,42-,43+,44+,45+;;/m1../s1. The molecule has 0 bridgehead atoms. The van der Waals surface area contributed by atoms with Crippen LogP contribution < -0.4 is 0 Å².